The van der Waals surface area contributed by atoms with Crippen LogP contribution in [0.3, 0.4) is 0 Å². The summed E-state index contributed by atoms with van der Waals surface area (Å²) < 4.78 is 1.86. The monoisotopic (exact) mass is 214 g/mol. The molecule has 58 valence electrons. The highest BCUT2D eigenvalue weighted by atomic mass is 79.9. The topological polar surface area (TPSA) is 20.9 Å². The van der Waals surface area contributed by atoms with Gasteiger partial charge in [-0.25, -0.2) is 4.57 Å². The van der Waals surface area contributed by atoms with Crippen LogP contribution in [-0.4, -0.2) is 11.1 Å². The number of alkyl halides is 1. The lowest BCUT2D eigenvalue weighted by Crippen LogP contribution is -2.27. The maximum absolute atomic E-state index is 11.1. The van der Waals surface area contributed by atoms with Crippen LogP contribution < -0.4 is 4.57 Å². The maximum atomic E-state index is 11.1. The number of Topliss-reactive ketones (excluding diaryl/α,β-unsaturated/α-hetero) is 1. The Morgan fingerprint density at radius 2 is 2.45 bits per heavy atom. The van der Waals surface area contributed by atoms with Crippen molar-refractivity contribution in [2.45, 2.75) is 0 Å². The molecule has 0 fully saturated rings. The van der Waals surface area contributed by atoms with Gasteiger partial charge in [0, 0.05) is 6.07 Å². The Morgan fingerprint density at radius 3 is 3.00 bits per heavy atom. The third kappa shape index (κ3) is 2.12. The van der Waals surface area contributed by atoms with Gasteiger partial charge in [-0.3, -0.25) is 4.79 Å². The van der Waals surface area contributed by atoms with E-state index in [9.17, 15) is 4.79 Å². The number of pyridine rings is 1. The van der Waals surface area contributed by atoms with Crippen molar-refractivity contribution >= 4 is 21.7 Å². The highest BCUT2D eigenvalue weighted by Gasteiger charge is 2.05. The number of rotatable bonds is 2. The molecule has 0 aliphatic heterocycles. The fraction of sp³-hybridized carbons (Fsp3) is 0.250. The van der Waals surface area contributed by atoms with E-state index in [1.54, 1.807) is 0 Å². The van der Waals surface area contributed by atoms with Crippen molar-refractivity contribution in [3.63, 3.8) is 0 Å². The van der Waals surface area contributed by atoms with Crippen LogP contribution in [0.25, 0.3) is 0 Å². The molecule has 1 rings (SSSR count). The van der Waals surface area contributed by atoms with E-state index >= 15 is 0 Å². The lowest BCUT2D eigenvalue weighted by molar-refractivity contribution is -0.671. The van der Waals surface area contributed by atoms with Gasteiger partial charge in [0.05, 0.1) is 10.9 Å². The molecule has 0 saturated carbocycles. The summed E-state index contributed by atoms with van der Waals surface area (Å²) in [6.45, 7) is 0. The standard InChI is InChI=1S/C8H9BrNO/c1-10-4-2-3-7(6-10)8(11)5-9/h2-4,6H,5H2,1H3/q+1. The summed E-state index contributed by atoms with van der Waals surface area (Å²) in [6, 6.07) is 3.67. The average molecular weight is 215 g/mol. The van der Waals surface area contributed by atoms with Crippen molar-refractivity contribution in [3.05, 3.63) is 30.1 Å². The predicted molar refractivity (Wildman–Crippen MR) is 45.7 cm³/mol. The molecule has 1 aromatic rings. The Kier molecular flexibility index (Phi) is 2.76. The van der Waals surface area contributed by atoms with E-state index in [0.29, 0.717) is 5.33 Å². The largest absolute Gasteiger partial charge is 0.293 e. The van der Waals surface area contributed by atoms with Gasteiger partial charge in [-0.15, -0.1) is 0 Å². The Hall–Kier alpha value is -0.700. The SMILES string of the molecule is C[n+]1cccc(C(=O)CBr)c1. The van der Waals surface area contributed by atoms with Crippen molar-refractivity contribution in [3.8, 4) is 0 Å². The number of halogens is 1. The van der Waals surface area contributed by atoms with E-state index in [1.807, 2.05) is 36.1 Å². The van der Waals surface area contributed by atoms with Crippen LogP contribution in [-0.2, 0) is 7.05 Å². The van der Waals surface area contributed by atoms with Gasteiger partial charge in [-0.05, 0) is 6.07 Å². The van der Waals surface area contributed by atoms with Crippen LogP contribution in [0.4, 0.5) is 0 Å². The first-order valence-electron chi connectivity index (χ1n) is 3.28. The van der Waals surface area contributed by atoms with Crippen molar-refractivity contribution in [1.29, 1.82) is 0 Å². The molecule has 11 heavy (non-hydrogen) atoms. The minimum Gasteiger partial charge on any atom is -0.293 e. The molecule has 0 amide bonds. The van der Waals surface area contributed by atoms with E-state index in [4.69, 9.17) is 0 Å². The Balaban J connectivity index is 2.96. The summed E-state index contributed by atoms with van der Waals surface area (Å²) in [5.74, 6) is 0.112. The van der Waals surface area contributed by atoms with E-state index in [0.717, 1.165) is 5.56 Å². The molecule has 0 spiro atoms. The van der Waals surface area contributed by atoms with E-state index in [-0.39, 0.29) is 5.78 Å². The summed E-state index contributed by atoms with van der Waals surface area (Å²) in [7, 11) is 1.89. The zero-order valence-corrected chi connectivity index (χ0v) is 7.84. The molecular weight excluding hydrogens is 206 g/mol. The van der Waals surface area contributed by atoms with Crippen LogP contribution in [0.1, 0.15) is 10.4 Å². The predicted octanol–water partition coefficient (Wildman–Crippen LogP) is 1.09. The van der Waals surface area contributed by atoms with Crippen LogP contribution in [0.15, 0.2) is 24.5 Å². The van der Waals surface area contributed by atoms with E-state index < -0.39 is 0 Å². The van der Waals surface area contributed by atoms with E-state index in [2.05, 4.69) is 15.9 Å². The zero-order chi connectivity index (χ0) is 8.27. The first-order valence-corrected chi connectivity index (χ1v) is 4.40. The molecule has 0 atom stereocenters. The van der Waals surface area contributed by atoms with Crippen LogP contribution >= 0.6 is 15.9 Å². The number of carbonyl (C=O) groups is 1. The van der Waals surface area contributed by atoms with Crippen molar-refractivity contribution in [2.75, 3.05) is 5.33 Å². The molecule has 3 heteroatoms. The lowest BCUT2D eigenvalue weighted by Gasteiger charge is -1.92. The number of aromatic nitrogens is 1. The third-order valence-electron chi connectivity index (χ3n) is 1.38. The van der Waals surface area contributed by atoms with Crippen LogP contribution in [0, 0.1) is 0 Å². The fourth-order valence-corrected chi connectivity index (χ4v) is 1.15. The third-order valence-corrected chi connectivity index (χ3v) is 1.89. The molecule has 0 aromatic carbocycles. The molecule has 0 saturated heterocycles. The van der Waals surface area contributed by atoms with Gasteiger partial charge in [0.1, 0.15) is 7.05 Å². The minimum absolute atomic E-state index is 0.112. The van der Waals surface area contributed by atoms with Gasteiger partial charge < -0.3 is 0 Å². The summed E-state index contributed by atoms with van der Waals surface area (Å²) in [5, 5.41) is 0.386. The molecule has 0 aliphatic rings. The summed E-state index contributed by atoms with van der Waals surface area (Å²) in [5.41, 5.74) is 0.742. The summed E-state index contributed by atoms with van der Waals surface area (Å²) in [4.78, 5) is 11.1. The zero-order valence-electron chi connectivity index (χ0n) is 6.25. The highest BCUT2D eigenvalue weighted by molar-refractivity contribution is 9.09. The highest BCUT2D eigenvalue weighted by Crippen LogP contribution is 1.98. The maximum Gasteiger partial charge on any atom is 0.179 e. The molecule has 0 aliphatic carbocycles. The summed E-state index contributed by atoms with van der Waals surface area (Å²) in [6.07, 6.45) is 3.70. The lowest BCUT2D eigenvalue weighted by atomic mass is 10.2. The van der Waals surface area contributed by atoms with Gasteiger partial charge in [-0.2, -0.15) is 0 Å². The Morgan fingerprint density at radius 1 is 1.73 bits per heavy atom. The normalized spacial score (nSPS) is 9.64. The average Bonchev–Trinajstić information content (AvgIpc) is 2.03. The van der Waals surface area contributed by atoms with Crippen molar-refractivity contribution in [2.24, 2.45) is 7.05 Å². The van der Waals surface area contributed by atoms with Crippen LogP contribution in [0.5, 0.6) is 0 Å². The second kappa shape index (κ2) is 3.62. The molecule has 2 nitrogen and oxygen atoms in total. The second-order valence-corrected chi connectivity index (χ2v) is 2.88. The molecular formula is C8H9BrNO+. The Bertz CT molecular complexity index is 273. The van der Waals surface area contributed by atoms with Gasteiger partial charge in [0.2, 0.25) is 0 Å². The minimum atomic E-state index is 0.112. The van der Waals surface area contributed by atoms with Gasteiger partial charge in [-0.1, -0.05) is 15.9 Å². The molecule has 1 heterocycles. The fourth-order valence-electron chi connectivity index (χ4n) is 0.830. The number of ketones is 1. The van der Waals surface area contributed by atoms with Gasteiger partial charge in [0.25, 0.3) is 0 Å². The molecule has 0 unspecified atom stereocenters. The second-order valence-electron chi connectivity index (χ2n) is 2.31. The number of aryl methyl sites for hydroxylation is 1. The summed E-state index contributed by atoms with van der Waals surface area (Å²) >= 11 is 3.12. The molecule has 0 radical (unpaired) electrons. The molecule has 0 N–H and O–H groups in total. The quantitative estimate of drug-likeness (QED) is 0.411. The first-order chi connectivity index (χ1) is 5.24. The molecule has 1 aromatic heterocycles. The Labute approximate surface area is 74.0 Å². The first kappa shape index (κ1) is 8.40. The van der Waals surface area contributed by atoms with Crippen LogP contribution in [0.2, 0.25) is 0 Å². The van der Waals surface area contributed by atoms with Gasteiger partial charge in [0.15, 0.2) is 18.2 Å². The van der Waals surface area contributed by atoms with E-state index in [1.165, 1.54) is 0 Å². The number of nitrogens with zero attached hydrogens (tertiary/aromatic N) is 1. The number of hydrogen-bond donors (Lipinski definition) is 0. The van der Waals surface area contributed by atoms with Crippen molar-refractivity contribution < 1.29 is 9.36 Å². The van der Waals surface area contributed by atoms with Crippen molar-refractivity contribution in [1.82, 2.24) is 0 Å². The molecule has 0 bridgehead atoms. The number of carbonyl (C=O) groups excluding carboxylic acids is 1. The smallest absolute Gasteiger partial charge is 0.179 e. The number of hydrogen-bond acceptors (Lipinski definition) is 1. The van der Waals surface area contributed by atoms with Gasteiger partial charge >= 0.3 is 0 Å².